The third kappa shape index (κ3) is 2.01. The van der Waals surface area contributed by atoms with Gasteiger partial charge in [-0.2, -0.15) is 0 Å². The largest absolute Gasteiger partial charge is 0.496 e. The molecule has 3 aliphatic carbocycles. The maximum Gasteiger partial charge on any atom is 0.123 e. The van der Waals surface area contributed by atoms with Crippen LogP contribution in [0.1, 0.15) is 53.1 Å². The molecule has 148 valence electrons. The highest BCUT2D eigenvalue weighted by Crippen LogP contribution is 2.67. The molecule has 3 nitrogen and oxygen atoms in total. The molecule has 0 amide bonds. The van der Waals surface area contributed by atoms with Gasteiger partial charge >= 0.3 is 0 Å². The smallest absolute Gasteiger partial charge is 0.123 e. The molecular formula is C26H27NO2. The lowest BCUT2D eigenvalue weighted by Gasteiger charge is -2.57. The van der Waals surface area contributed by atoms with E-state index in [1.165, 1.54) is 33.4 Å². The van der Waals surface area contributed by atoms with E-state index in [9.17, 15) is 0 Å². The molecule has 2 N–H and O–H groups in total. The van der Waals surface area contributed by atoms with Crippen molar-refractivity contribution in [2.45, 2.75) is 25.2 Å². The molecule has 0 fully saturated rings. The molecule has 0 spiro atoms. The van der Waals surface area contributed by atoms with Crippen molar-refractivity contribution < 1.29 is 9.47 Å². The first-order valence-corrected chi connectivity index (χ1v) is 10.2. The minimum absolute atomic E-state index is 0.123. The number of nitrogens with two attached hydrogens (primary N) is 1. The van der Waals surface area contributed by atoms with E-state index < -0.39 is 5.41 Å². The van der Waals surface area contributed by atoms with Gasteiger partial charge in [0.15, 0.2) is 0 Å². The minimum Gasteiger partial charge on any atom is -0.496 e. The van der Waals surface area contributed by atoms with Crippen LogP contribution in [0.4, 0.5) is 0 Å². The van der Waals surface area contributed by atoms with Crippen LogP contribution in [-0.4, -0.2) is 20.8 Å². The van der Waals surface area contributed by atoms with Crippen molar-refractivity contribution in [3.8, 4) is 11.5 Å². The average molecular weight is 386 g/mol. The second-order valence-electron chi connectivity index (χ2n) is 8.70. The number of methoxy groups -OCH3 is 2. The number of hydrogen-bond donors (Lipinski definition) is 1. The van der Waals surface area contributed by atoms with Gasteiger partial charge in [-0.1, -0.05) is 62.4 Å². The van der Waals surface area contributed by atoms with Crippen LogP contribution in [0, 0.1) is 5.41 Å². The van der Waals surface area contributed by atoms with Crippen LogP contribution >= 0.6 is 0 Å². The SMILES string of the molecule is COc1ccc(OC)c2c1C1c3ccccc3C2(C(C)(C)CN)c2ccccc21. The molecule has 3 aromatic carbocycles. The van der Waals surface area contributed by atoms with Crippen molar-refractivity contribution in [1.82, 2.24) is 0 Å². The van der Waals surface area contributed by atoms with Gasteiger partial charge in [0.1, 0.15) is 11.5 Å². The summed E-state index contributed by atoms with van der Waals surface area (Å²) in [5, 5.41) is 0. The van der Waals surface area contributed by atoms with Crippen molar-refractivity contribution in [3.05, 3.63) is 94.0 Å². The van der Waals surface area contributed by atoms with E-state index >= 15 is 0 Å². The fourth-order valence-corrected chi connectivity index (χ4v) is 5.90. The standard InChI is InChI=1S/C26H27NO2/c1-25(2,15-27)26-18-11-7-5-9-16(18)22(17-10-6-8-12-19(17)26)23-20(28-3)13-14-21(29-4)24(23)26/h5-14,22H,15,27H2,1-4H3. The molecular weight excluding hydrogens is 358 g/mol. The average Bonchev–Trinajstić information content (AvgIpc) is 2.77. The molecule has 2 bridgehead atoms. The van der Waals surface area contributed by atoms with Crippen LogP contribution in [0.2, 0.25) is 0 Å². The van der Waals surface area contributed by atoms with E-state index in [1.807, 2.05) is 12.1 Å². The second kappa shape index (κ2) is 6.11. The van der Waals surface area contributed by atoms with Gasteiger partial charge in [0.2, 0.25) is 0 Å². The highest BCUT2D eigenvalue weighted by Gasteiger charge is 2.60. The van der Waals surface area contributed by atoms with Crippen LogP contribution in [0.5, 0.6) is 11.5 Å². The Kier molecular flexibility index (Phi) is 3.85. The third-order valence-corrected chi connectivity index (χ3v) is 7.15. The molecule has 3 heteroatoms. The Hall–Kier alpha value is -2.78. The fourth-order valence-electron chi connectivity index (χ4n) is 5.90. The van der Waals surface area contributed by atoms with Gasteiger partial charge in [0.05, 0.1) is 19.6 Å². The Balaban J connectivity index is 2.07. The molecule has 0 atom stereocenters. The zero-order valence-corrected chi connectivity index (χ0v) is 17.5. The van der Waals surface area contributed by atoms with Gasteiger partial charge in [-0.05, 0) is 46.3 Å². The van der Waals surface area contributed by atoms with E-state index in [0.29, 0.717) is 6.54 Å². The van der Waals surface area contributed by atoms with Crippen molar-refractivity contribution in [2.24, 2.45) is 11.1 Å². The van der Waals surface area contributed by atoms with Gasteiger partial charge in [0.25, 0.3) is 0 Å². The van der Waals surface area contributed by atoms with Crippen LogP contribution in [0.3, 0.4) is 0 Å². The van der Waals surface area contributed by atoms with Crippen molar-refractivity contribution in [3.63, 3.8) is 0 Å². The third-order valence-electron chi connectivity index (χ3n) is 7.15. The molecule has 0 aromatic heterocycles. The number of rotatable bonds is 4. The molecule has 3 aromatic rings. The van der Waals surface area contributed by atoms with Crippen LogP contribution in [-0.2, 0) is 5.41 Å². The van der Waals surface area contributed by atoms with Crippen molar-refractivity contribution in [1.29, 1.82) is 0 Å². The van der Waals surface area contributed by atoms with Gasteiger partial charge < -0.3 is 15.2 Å². The van der Waals surface area contributed by atoms with E-state index in [1.54, 1.807) is 14.2 Å². The summed E-state index contributed by atoms with van der Waals surface area (Å²) in [5.41, 5.74) is 13.6. The zero-order valence-electron chi connectivity index (χ0n) is 17.5. The Labute approximate surface area is 172 Å². The summed E-state index contributed by atoms with van der Waals surface area (Å²) in [5.74, 6) is 1.93. The zero-order chi connectivity index (χ0) is 20.4. The molecule has 0 saturated heterocycles. The second-order valence-corrected chi connectivity index (χ2v) is 8.70. The summed E-state index contributed by atoms with van der Waals surface area (Å²) in [6.45, 7) is 5.09. The van der Waals surface area contributed by atoms with E-state index in [-0.39, 0.29) is 11.3 Å². The summed E-state index contributed by atoms with van der Waals surface area (Å²) in [7, 11) is 3.51. The Bertz CT molecular complexity index is 1070. The Morgan fingerprint density at radius 1 is 0.828 bits per heavy atom. The first-order valence-electron chi connectivity index (χ1n) is 10.2. The molecule has 0 aliphatic heterocycles. The lowest BCUT2D eigenvalue weighted by Crippen LogP contribution is -2.54. The molecule has 3 aliphatic rings. The summed E-state index contributed by atoms with van der Waals surface area (Å²) in [6, 6.07) is 21.7. The number of benzene rings is 3. The summed E-state index contributed by atoms with van der Waals surface area (Å²) < 4.78 is 11.9. The van der Waals surface area contributed by atoms with E-state index in [2.05, 4.69) is 62.4 Å². The topological polar surface area (TPSA) is 44.5 Å². The predicted octanol–water partition coefficient (Wildman–Crippen LogP) is 4.83. The quantitative estimate of drug-likeness (QED) is 0.700. The van der Waals surface area contributed by atoms with Crippen molar-refractivity contribution >= 4 is 0 Å². The maximum absolute atomic E-state index is 6.48. The molecule has 0 heterocycles. The Morgan fingerprint density at radius 2 is 1.34 bits per heavy atom. The lowest BCUT2D eigenvalue weighted by atomic mass is 9.45. The monoisotopic (exact) mass is 385 g/mol. The fraction of sp³-hybridized carbons (Fsp3) is 0.308. The minimum atomic E-state index is -0.418. The van der Waals surface area contributed by atoms with Crippen LogP contribution in [0.15, 0.2) is 60.7 Å². The highest BCUT2D eigenvalue weighted by molar-refractivity contribution is 5.77. The van der Waals surface area contributed by atoms with Gasteiger partial charge in [-0.3, -0.25) is 0 Å². The van der Waals surface area contributed by atoms with E-state index in [0.717, 1.165) is 11.5 Å². The Morgan fingerprint density at radius 3 is 1.86 bits per heavy atom. The first kappa shape index (κ1) is 18.3. The maximum atomic E-state index is 6.48. The van der Waals surface area contributed by atoms with Crippen LogP contribution < -0.4 is 15.2 Å². The van der Waals surface area contributed by atoms with Crippen molar-refractivity contribution in [2.75, 3.05) is 20.8 Å². The highest BCUT2D eigenvalue weighted by atomic mass is 16.5. The first-order chi connectivity index (χ1) is 14.0. The molecule has 6 rings (SSSR count). The summed E-state index contributed by atoms with van der Waals surface area (Å²) >= 11 is 0. The van der Waals surface area contributed by atoms with Gasteiger partial charge in [-0.25, -0.2) is 0 Å². The summed E-state index contributed by atoms with van der Waals surface area (Å²) in [4.78, 5) is 0. The lowest BCUT2D eigenvalue weighted by molar-refractivity contribution is 0.227. The number of ether oxygens (including phenoxy) is 2. The number of hydrogen-bond acceptors (Lipinski definition) is 3. The molecule has 0 saturated carbocycles. The summed E-state index contributed by atoms with van der Waals surface area (Å²) in [6.07, 6.45) is 0. The molecule has 0 unspecified atom stereocenters. The molecule has 29 heavy (non-hydrogen) atoms. The van der Waals surface area contributed by atoms with Crippen LogP contribution in [0.25, 0.3) is 0 Å². The normalized spacial score (nSPS) is 21.2. The van der Waals surface area contributed by atoms with Gasteiger partial charge in [-0.15, -0.1) is 0 Å². The van der Waals surface area contributed by atoms with E-state index in [4.69, 9.17) is 15.2 Å². The van der Waals surface area contributed by atoms with Gasteiger partial charge in [0, 0.05) is 17.0 Å². The molecule has 0 radical (unpaired) electrons. The predicted molar refractivity (Wildman–Crippen MR) is 116 cm³/mol.